The number of aromatic nitrogens is 1. The molecule has 1 aromatic heterocycles. The van der Waals surface area contributed by atoms with Crippen LogP contribution < -0.4 is 5.32 Å². The lowest BCUT2D eigenvalue weighted by atomic mass is 10.2. The van der Waals surface area contributed by atoms with Gasteiger partial charge in [-0.05, 0) is 32.4 Å². The summed E-state index contributed by atoms with van der Waals surface area (Å²) in [7, 11) is 1.73. The molecule has 0 saturated carbocycles. The first-order valence-corrected chi connectivity index (χ1v) is 5.56. The van der Waals surface area contributed by atoms with Crippen molar-refractivity contribution < 1.29 is 4.74 Å². The van der Waals surface area contributed by atoms with Gasteiger partial charge in [-0.3, -0.25) is 0 Å². The first-order valence-electron chi connectivity index (χ1n) is 5.56. The Morgan fingerprint density at radius 2 is 2.13 bits per heavy atom. The van der Waals surface area contributed by atoms with E-state index >= 15 is 0 Å². The third-order valence-corrected chi connectivity index (χ3v) is 2.79. The molecule has 3 heteroatoms. The molecular weight excluding hydrogens is 188 g/mol. The quantitative estimate of drug-likeness (QED) is 0.725. The maximum Gasteiger partial charge on any atom is 0.0587 e. The van der Waals surface area contributed by atoms with Gasteiger partial charge in [-0.15, -0.1) is 0 Å². The van der Waals surface area contributed by atoms with E-state index in [0.29, 0.717) is 0 Å². The Labute approximate surface area is 92.4 Å². The summed E-state index contributed by atoms with van der Waals surface area (Å²) < 4.78 is 7.33. The number of hydrogen-bond acceptors (Lipinski definition) is 2. The minimum atomic E-state index is 0.770. The Morgan fingerprint density at radius 3 is 2.67 bits per heavy atom. The van der Waals surface area contributed by atoms with Gasteiger partial charge in [0.2, 0.25) is 0 Å². The van der Waals surface area contributed by atoms with Gasteiger partial charge in [0, 0.05) is 38.1 Å². The largest absolute Gasteiger partial charge is 0.383 e. The number of methoxy groups -OCH3 is 1. The highest BCUT2D eigenvalue weighted by Crippen LogP contribution is 2.14. The SMILES string of the molecule is CCn1c(C)cc(CNCCOC)c1C. The van der Waals surface area contributed by atoms with Gasteiger partial charge in [0.1, 0.15) is 0 Å². The Kier molecular flexibility index (Phi) is 4.85. The van der Waals surface area contributed by atoms with Crippen LogP contribution in [0.3, 0.4) is 0 Å². The second kappa shape index (κ2) is 5.93. The van der Waals surface area contributed by atoms with Crippen LogP contribution in [0.5, 0.6) is 0 Å². The van der Waals surface area contributed by atoms with E-state index in [1.165, 1.54) is 17.0 Å². The lowest BCUT2D eigenvalue weighted by Gasteiger charge is -2.06. The summed E-state index contributed by atoms with van der Waals surface area (Å²) in [5.74, 6) is 0. The summed E-state index contributed by atoms with van der Waals surface area (Å²) in [6.07, 6.45) is 0. The Morgan fingerprint density at radius 1 is 1.40 bits per heavy atom. The van der Waals surface area contributed by atoms with E-state index in [9.17, 15) is 0 Å². The first-order chi connectivity index (χ1) is 7.20. The monoisotopic (exact) mass is 210 g/mol. The topological polar surface area (TPSA) is 26.2 Å². The van der Waals surface area contributed by atoms with E-state index in [2.05, 4.69) is 36.7 Å². The van der Waals surface area contributed by atoms with Crippen LogP contribution in [0.1, 0.15) is 23.9 Å². The van der Waals surface area contributed by atoms with Gasteiger partial charge in [0.05, 0.1) is 6.61 Å². The zero-order valence-electron chi connectivity index (χ0n) is 10.3. The molecule has 0 unspecified atom stereocenters. The molecular formula is C12H22N2O. The average Bonchev–Trinajstić information content (AvgIpc) is 2.49. The molecule has 1 heterocycles. The predicted molar refractivity (Wildman–Crippen MR) is 63.2 cm³/mol. The van der Waals surface area contributed by atoms with E-state index in [0.717, 1.165) is 26.2 Å². The van der Waals surface area contributed by atoms with Crippen LogP contribution in [-0.4, -0.2) is 24.8 Å². The van der Waals surface area contributed by atoms with E-state index in [-0.39, 0.29) is 0 Å². The fourth-order valence-corrected chi connectivity index (χ4v) is 1.94. The van der Waals surface area contributed by atoms with E-state index < -0.39 is 0 Å². The normalized spacial score (nSPS) is 10.9. The minimum Gasteiger partial charge on any atom is -0.383 e. The van der Waals surface area contributed by atoms with Gasteiger partial charge in [-0.2, -0.15) is 0 Å². The van der Waals surface area contributed by atoms with Crippen LogP contribution in [0.2, 0.25) is 0 Å². The predicted octanol–water partition coefficient (Wildman–Crippen LogP) is 1.86. The van der Waals surface area contributed by atoms with Gasteiger partial charge in [-0.25, -0.2) is 0 Å². The zero-order chi connectivity index (χ0) is 11.3. The third kappa shape index (κ3) is 3.08. The van der Waals surface area contributed by atoms with Crippen molar-refractivity contribution in [1.29, 1.82) is 0 Å². The summed E-state index contributed by atoms with van der Waals surface area (Å²) in [6, 6.07) is 2.26. The maximum atomic E-state index is 4.99. The molecule has 1 rings (SSSR count). The van der Waals surface area contributed by atoms with Gasteiger partial charge in [-0.1, -0.05) is 0 Å². The highest BCUT2D eigenvalue weighted by molar-refractivity contribution is 5.26. The van der Waals surface area contributed by atoms with Gasteiger partial charge < -0.3 is 14.6 Å². The second-order valence-corrected chi connectivity index (χ2v) is 3.81. The van der Waals surface area contributed by atoms with Gasteiger partial charge in [0.25, 0.3) is 0 Å². The fourth-order valence-electron chi connectivity index (χ4n) is 1.94. The molecule has 3 nitrogen and oxygen atoms in total. The average molecular weight is 210 g/mol. The number of nitrogens with one attached hydrogen (secondary N) is 1. The molecule has 86 valence electrons. The molecule has 0 amide bonds. The summed E-state index contributed by atoms with van der Waals surface area (Å²) in [5.41, 5.74) is 4.11. The number of hydrogen-bond donors (Lipinski definition) is 1. The molecule has 0 aliphatic rings. The Hall–Kier alpha value is -0.800. The first kappa shape index (κ1) is 12.3. The molecule has 0 bridgehead atoms. The summed E-state index contributed by atoms with van der Waals surface area (Å²) in [4.78, 5) is 0. The van der Waals surface area contributed by atoms with Crippen LogP contribution >= 0.6 is 0 Å². The molecule has 0 atom stereocenters. The molecule has 0 radical (unpaired) electrons. The molecule has 0 spiro atoms. The van der Waals surface area contributed by atoms with E-state index in [1.54, 1.807) is 7.11 Å². The third-order valence-electron chi connectivity index (χ3n) is 2.79. The lowest BCUT2D eigenvalue weighted by molar-refractivity contribution is 0.199. The number of ether oxygens (including phenoxy) is 1. The Balaban J connectivity index is 2.54. The van der Waals surface area contributed by atoms with Crippen LogP contribution in [0, 0.1) is 13.8 Å². The minimum absolute atomic E-state index is 0.770. The molecule has 0 aliphatic heterocycles. The molecule has 15 heavy (non-hydrogen) atoms. The second-order valence-electron chi connectivity index (χ2n) is 3.81. The lowest BCUT2D eigenvalue weighted by Crippen LogP contribution is -2.18. The van der Waals surface area contributed by atoms with Crippen LogP contribution in [0.4, 0.5) is 0 Å². The smallest absolute Gasteiger partial charge is 0.0587 e. The summed E-state index contributed by atoms with van der Waals surface area (Å²) >= 11 is 0. The zero-order valence-corrected chi connectivity index (χ0v) is 10.3. The summed E-state index contributed by atoms with van der Waals surface area (Å²) in [5, 5.41) is 3.37. The highest BCUT2D eigenvalue weighted by Gasteiger charge is 2.06. The van der Waals surface area contributed by atoms with Crippen LogP contribution in [0.25, 0.3) is 0 Å². The number of rotatable bonds is 6. The van der Waals surface area contributed by atoms with E-state index in [4.69, 9.17) is 4.74 Å². The number of nitrogens with zero attached hydrogens (tertiary/aromatic N) is 1. The van der Waals surface area contributed by atoms with Crippen molar-refractivity contribution in [2.24, 2.45) is 0 Å². The van der Waals surface area contributed by atoms with Crippen LogP contribution in [-0.2, 0) is 17.8 Å². The summed E-state index contributed by atoms with van der Waals surface area (Å²) in [6.45, 7) is 10.2. The molecule has 0 aliphatic carbocycles. The molecule has 0 aromatic carbocycles. The van der Waals surface area contributed by atoms with Crippen molar-refractivity contribution in [3.63, 3.8) is 0 Å². The van der Waals surface area contributed by atoms with Gasteiger partial charge >= 0.3 is 0 Å². The molecule has 0 fully saturated rings. The van der Waals surface area contributed by atoms with Crippen LogP contribution in [0.15, 0.2) is 6.07 Å². The van der Waals surface area contributed by atoms with Gasteiger partial charge in [0.15, 0.2) is 0 Å². The number of aryl methyl sites for hydroxylation is 1. The fraction of sp³-hybridized carbons (Fsp3) is 0.667. The van der Waals surface area contributed by atoms with Crippen molar-refractivity contribution in [3.05, 3.63) is 23.0 Å². The van der Waals surface area contributed by atoms with Crippen molar-refractivity contribution >= 4 is 0 Å². The van der Waals surface area contributed by atoms with Crippen molar-refractivity contribution in [1.82, 2.24) is 9.88 Å². The maximum absolute atomic E-state index is 4.99. The molecule has 1 N–H and O–H groups in total. The highest BCUT2D eigenvalue weighted by atomic mass is 16.5. The molecule has 0 saturated heterocycles. The van der Waals surface area contributed by atoms with Crippen molar-refractivity contribution in [2.75, 3.05) is 20.3 Å². The van der Waals surface area contributed by atoms with Crippen molar-refractivity contribution in [3.8, 4) is 0 Å². The van der Waals surface area contributed by atoms with Crippen molar-refractivity contribution in [2.45, 2.75) is 33.9 Å². The Bertz CT molecular complexity index is 305. The standard InChI is InChI=1S/C12H22N2O/c1-5-14-10(2)8-12(11(14)3)9-13-6-7-15-4/h8,13H,5-7,9H2,1-4H3. The van der Waals surface area contributed by atoms with E-state index in [1.807, 2.05) is 0 Å². The molecule has 1 aromatic rings.